The molecule has 9 atom stereocenters. The molecule has 0 aliphatic heterocycles. The predicted molar refractivity (Wildman–Crippen MR) is 126 cm³/mol. The lowest BCUT2D eigenvalue weighted by molar-refractivity contribution is -0.155. The van der Waals surface area contributed by atoms with Crippen LogP contribution < -0.4 is 0 Å². The molecule has 0 aromatic rings. The van der Waals surface area contributed by atoms with Crippen LogP contribution in [0.25, 0.3) is 10.4 Å². The normalized spacial score (nSPS) is 45.4. The third-order valence-electron chi connectivity index (χ3n) is 10.8. The van der Waals surface area contributed by atoms with Gasteiger partial charge in [0, 0.05) is 23.3 Å². The molecule has 0 saturated heterocycles. The molecule has 0 bridgehead atoms. The molecule has 0 amide bonds. The minimum atomic E-state index is 0.0278. The average Bonchev–Trinajstić information content (AvgIpc) is 3.06. The lowest BCUT2D eigenvalue weighted by atomic mass is 9.44. The number of carbonyl (C=O) groups excluding carboxylic acids is 1. The Morgan fingerprint density at radius 1 is 1.03 bits per heavy atom. The van der Waals surface area contributed by atoms with Crippen LogP contribution in [0.15, 0.2) is 5.11 Å². The van der Waals surface area contributed by atoms with Crippen LogP contribution in [0.1, 0.15) is 105 Å². The van der Waals surface area contributed by atoms with E-state index in [1.165, 1.54) is 44.9 Å². The Hall–Kier alpha value is -1.02. The van der Waals surface area contributed by atoms with Gasteiger partial charge in [-0.3, -0.25) is 4.79 Å². The van der Waals surface area contributed by atoms with Crippen molar-refractivity contribution >= 4 is 5.78 Å². The van der Waals surface area contributed by atoms with Gasteiger partial charge in [-0.2, -0.15) is 0 Å². The second-order valence-corrected chi connectivity index (χ2v) is 12.8. The molecule has 0 unspecified atom stereocenters. The zero-order valence-corrected chi connectivity index (χ0v) is 20.6. The summed E-state index contributed by atoms with van der Waals surface area (Å²) in [6.07, 6.45) is 13.1. The lowest BCUT2D eigenvalue weighted by Crippen LogP contribution is -2.57. The molecular formula is C27H45N3O. The summed E-state index contributed by atoms with van der Waals surface area (Å²) in [5.41, 5.74) is 9.45. The minimum Gasteiger partial charge on any atom is -0.299 e. The van der Waals surface area contributed by atoms with Crippen molar-refractivity contribution in [3.63, 3.8) is 0 Å². The van der Waals surface area contributed by atoms with Crippen molar-refractivity contribution in [3.05, 3.63) is 10.4 Å². The van der Waals surface area contributed by atoms with E-state index < -0.39 is 0 Å². The quantitative estimate of drug-likeness (QED) is 0.241. The van der Waals surface area contributed by atoms with Gasteiger partial charge in [-0.05, 0) is 96.8 Å². The summed E-state index contributed by atoms with van der Waals surface area (Å²) in [5, 5.41) is 4.00. The lowest BCUT2D eigenvalue weighted by Gasteiger charge is -2.60. The van der Waals surface area contributed by atoms with E-state index in [-0.39, 0.29) is 17.4 Å². The Labute approximate surface area is 189 Å². The van der Waals surface area contributed by atoms with Crippen LogP contribution in [0.3, 0.4) is 0 Å². The van der Waals surface area contributed by atoms with Gasteiger partial charge in [0.05, 0.1) is 0 Å². The number of rotatable bonds is 6. The van der Waals surface area contributed by atoms with E-state index in [4.69, 9.17) is 5.53 Å². The van der Waals surface area contributed by atoms with Crippen LogP contribution in [0.2, 0.25) is 0 Å². The van der Waals surface area contributed by atoms with Crippen molar-refractivity contribution in [2.24, 2.45) is 57.4 Å². The number of azide groups is 1. The highest BCUT2D eigenvalue weighted by atomic mass is 16.1. The zero-order chi connectivity index (χ0) is 22.4. The van der Waals surface area contributed by atoms with E-state index in [0.29, 0.717) is 23.0 Å². The van der Waals surface area contributed by atoms with Gasteiger partial charge in [0.2, 0.25) is 0 Å². The van der Waals surface area contributed by atoms with Crippen molar-refractivity contribution in [3.8, 4) is 0 Å². The maximum absolute atomic E-state index is 13.4. The predicted octanol–water partition coefficient (Wildman–Crippen LogP) is 7.97. The minimum absolute atomic E-state index is 0.0278. The Bertz CT molecular complexity index is 728. The molecule has 4 nitrogen and oxygen atoms in total. The Morgan fingerprint density at radius 2 is 1.74 bits per heavy atom. The van der Waals surface area contributed by atoms with Gasteiger partial charge >= 0.3 is 0 Å². The molecule has 4 fully saturated rings. The van der Waals surface area contributed by atoms with Crippen LogP contribution in [0.4, 0.5) is 0 Å². The summed E-state index contributed by atoms with van der Waals surface area (Å²) in [4.78, 5) is 16.5. The SMILES string of the molecule is CC(C)CCC[C@@H](C)[C@H]1CC[C@H]2[C@@H]3CC(=O)[C@H]4C[C@H](N=[N+]=[N-])CC[C@]4(C)[C@H]3CC[C@]12C. The van der Waals surface area contributed by atoms with Crippen molar-refractivity contribution in [1.29, 1.82) is 0 Å². The Kier molecular flexibility index (Phi) is 6.52. The summed E-state index contributed by atoms with van der Waals surface area (Å²) >= 11 is 0. The van der Waals surface area contributed by atoms with Gasteiger partial charge in [0.25, 0.3) is 0 Å². The first-order chi connectivity index (χ1) is 14.7. The fraction of sp³-hybridized carbons (Fsp3) is 0.963. The molecule has 4 heteroatoms. The van der Waals surface area contributed by atoms with Gasteiger partial charge in [-0.25, -0.2) is 0 Å². The van der Waals surface area contributed by atoms with E-state index in [2.05, 4.69) is 44.6 Å². The average molecular weight is 428 g/mol. The second-order valence-electron chi connectivity index (χ2n) is 12.8. The first-order valence-electron chi connectivity index (χ1n) is 13.3. The van der Waals surface area contributed by atoms with Crippen molar-refractivity contribution in [2.45, 2.75) is 111 Å². The number of hydrogen-bond donors (Lipinski definition) is 0. The zero-order valence-electron chi connectivity index (χ0n) is 20.6. The maximum Gasteiger partial charge on any atom is 0.136 e. The topological polar surface area (TPSA) is 65.8 Å². The Balaban J connectivity index is 1.50. The van der Waals surface area contributed by atoms with E-state index in [0.717, 1.165) is 49.4 Å². The highest BCUT2D eigenvalue weighted by molar-refractivity contribution is 5.83. The third kappa shape index (κ3) is 3.96. The van der Waals surface area contributed by atoms with E-state index in [9.17, 15) is 4.79 Å². The number of ketones is 1. The Morgan fingerprint density at radius 3 is 2.45 bits per heavy atom. The highest BCUT2D eigenvalue weighted by Gasteiger charge is 2.62. The smallest absolute Gasteiger partial charge is 0.136 e. The van der Waals surface area contributed by atoms with Crippen LogP contribution in [0.5, 0.6) is 0 Å². The molecule has 0 spiro atoms. The van der Waals surface area contributed by atoms with Gasteiger partial charge in [0.1, 0.15) is 5.78 Å². The monoisotopic (exact) mass is 427 g/mol. The molecule has 4 saturated carbocycles. The first kappa shape index (κ1) is 23.1. The molecule has 4 aliphatic rings. The van der Waals surface area contributed by atoms with E-state index in [1.807, 2.05) is 0 Å². The molecule has 0 heterocycles. The van der Waals surface area contributed by atoms with Crippen LogP contribution >= 0.6 is 0 Å². The van der Waals surface area contributed by atoms with E-state index in [1.54, 1.807) is 0 Å². The van der Waals surface area contributed by atoms with Crippen LogP contribution in [-0.2, 0) is 4.79 Å². The summed E-state index contributed by atoms with van der Waals surface area (Å²) in [7, 11) is 0. The standard InChI is InChI=1S/C27H45N3O/c1-17(2)7-6-8-18(3)21-9-10-22-20-16-25(31)24-15-19(29-30-28)11-13-27(24,5)23(20)12-14-26(21,22)4/h17-24H,6-16H2,1-5H3/t18-,19-,20+,21-,22+,23+,24-,26-,27-/m1/s1. The molecule has 31 heavy (non-hydrogen) atoms. The number of nitrogens with zero attached hydrogens (tertiary/aromatic N) is 3. The molecule has 0 N–H and O–H groups in total. The van der Waals surface area contributed by atoms with Crippen molar-refractivity contribution in [1.82, 2.24) is 0 Å². The summed E-state index contributed by atoms with van der Waals surface area (Å²) in [6, 6.07) is 0.0278. The number of Topliss-reactive ketones (excluding diaryl/α,β-unsaturated/α-hetero) is 1. The molecule has 0 aromatic heterocycles. The summed E-state index contributed by atoms with van der Waals surface area (Å²) in [5.74, 6) is 5.09. The fourth-order valence-electron chi connectivity index (χ4n) is 9.22. The molecule has 0 radical (unpaired) electrons. The van der Waals surface area contributed by atoms with Crippen LogP contribution in [-0.4, -0.2) is 11.8 Å². The van der Waals surface area contributed by atoms with Crippen molar-refractivity contribution < 1.29 is 4.79 Å². The third-order valence-corrected chi connectivity index (χ3v) is 10.8. The molecule has 0 aromatic carbocycles. The van der Waals surface area contributed by atoms with Gasteiger partial charge < -0.3 is 0 Å². The number of carbonyl (C=O) groups is 1. The largest absolute Gasteiger partial charge is 0.299 e. The van der Waals surface area contributed by atoms with Gasteiger partial charge in [0.15, 0.2) is 0 Å². The number of fused-ring (bicyclic) bond motifs is 5. The summed E-state index contributed by atoms with van der Waals surface area (Å²) in [6.45, 7) is 12.2. The molecular weight excluding hydrogens is 382 g/mol. The van der Waals surface area contributed by atoms with Crippen molar-refractivity contribution in [2.75, 3.05) is 0 Å². The van der Waals surface area contributed by atoms with E-state index >= 15 is 0 Å². The molecule has 174 valence electrons. The molecule has 4 rings (SSSR count). The first-order valence-corrected chi connectivity index (χ1v) is 13.3. The highest BCUT2D eigenvalue weighted by Crippen LogP contribution is 2.68. The number of hydrogen-bond acceptors (Lipinski definition) is 2. The van der Waals surface area contributed by atoms with Gasteiger partial charge in [-0.15, -0.1) is 0 Å². The molecule has 4 aliphatic carbocycles. The summed E-state index contributed by atoms with van der Waals surface area (Å²) < 4.78 is 0. The fourth-order valence-corrected chi connectivity index (χ4v) is 9.22. The van der Waals surface area contributed by atoms with Gasteiger partial charge in [-0.1, -0.05) is 59.0 Å². The van der Waals surface area contributed by atoms with Crippen LogP contribution in [0, 0.1) is 52.3 Å². The maximum atomic E-state index is 13.4. The second kappa shape index (κ2) is 8.73.